The van der Waals surface area contributed by atoms with Gasteiger partial charge in [0, 0.05) is 13.0 Å². The molecule has 0 aromatic carbocycles. The number of amides is 1. The van der Waals surface area contributed by atoms with Crippen molar-refractivity contribution in [2.45, 2.75) is 25.7 Å². The maximum atomic E-state index is 10.7. The first-order valence-electron chi connectivity index (χ1n) is 4.34. The number of carboxylic acids is 1. The smallest absolute Gasteiger partial charge is 0.303 e. The monoisotopic (exact) mass is 202 g/mol. The zero-order chi connectivity index (χ0) is 10.8. The van der Waals surface area contributed by atoms with E-state index in [1.165, 1.54) is 0 Å². The molecule has 80 valence electrons. The summed E-state index contributed by atoms with van der Waals surface area (Å²) in [6.45, 7) is 0.463. The molecule has 14 heavy (non-hydrogen) atoms. The van der Waals surface area contributed by atoms with Gasteiger partial charge in [-0.2, -0.15) is 0 Å². The van der Waals surface area contributed by atoms with Crippen LogP contribution in [0.25, 0.3) is 0 Å². The number of carbonyl (C=O) groups is 2. The molecular weight excluding hydrogens is 188 g/mol. The largest absolute Gasteiger partial charge is 0.481 e. The molecule has 0 saturated carbocycles. The number of hydrogen-bond donors (Lipinski definition) is 3. The van der Waals surface area contributed by atoms with E-state index in [9.17, 15) is 9.59 Å². The Bertz CT molecular complexity index is 215. The fourth-order valence-corrected chi connectivity index (χ4v) is 0.888. The average molecular weight is 202 g/mol. The normalized spacial score (nSPS) is 10.3. The summed E-state index contributed by atoms with van der Waals surface area (Å²) in [5.41, 5.74) is 0. The molecule has 1 amide bonds. The van der Waals surface area contributed by atoms with Gasteiger partial charge < -0.3 is 15.6 Å². The third kappa shape index (κ3) is 8.51. The fourth-order valence-electron chi connectivity index (χ4n) is 0.888. The van der Waals surface area contributed by atoms with Crippen LogP contribution in [0.3, 0.4) is 0 Å². The number of carbonyl (C=O) groups excluding carboxylic acids is 1. The Kier molecular flexibility index (Phi) is 7.12. The van der Waals surface area contributed by atoms with Gasteiger partial charge in [0.05, 0.1) is 0 Å². The van der Waals surface area contributed by atoms with Gasteiger partial charge in [0.2, 0.25) is 0 Å². The van der Waals surface area contributed by atoms with Gasteiger partial charge in [-0.25, -0.2) is 0 Å². The highest BCUT2D eigenvalue weighted by Gasteiger charge is 1.97. The number of nitrogens with zero attached hydrogens (tertiary/aromatic N) is 1. The van der Waals surface area contributed by atoms with Crippen LogP contribution in [0, 0.1) is 0 Å². The van der Waals surface area contributed by atoms with Crippen LogP contribution < -0.4 is 5.32 Å². The summed E-state index contributed by atoms with van der Waals surface area (Å²) in [6.07, 6.45) is 3.02. The first-order valence-corrected chi connectivity index (χ1v) is 4.34. The minimum Gasteiger partial charge on any atom is -0.481 e. The molecule has 0 radical (unpaired) electrons. The summed E-state index contributed by atoms with van der Waals surface area (Å²) in [5, 5.41) is 21.3. The van der Waals surface area contributed by atoms with Crippen LogP contribution in [0.4, 0.5) is 0 Å². The van der Waals surface area contributed by atoms with Crippen LogP contribution >= 0.6 is 0 Å². The van der Waals surface area contributed by atoms with Gasteiger partial charge in [0.25, 0.3) is 5.91 Å². The molecular formula is C8H14N2O4. The molecule has 0 bridgehead atoms. The van der Waals surface area contributed by atoms with E-state index in [4.69, 9.17) is 10.3 Å². The van der Waals surface area contributed by atoms with E-state index in [0.717, 1.165) is 19.1 Å². The van der Waals surface area contributed by atoms with Gasteiger partial charge in [-0.05, 0) is 12.8 Å². The molecule has 6 nitrogen and oxygen atoms in total. The van der Waals surface area contributed by atoms with Crippen molar-refractivity contribution in [2.75, 3.05) is 6.54 Å². The second-order valence-corrected chi connectivity index (χ2v) is 2.74. The molecule has 0 rings (SSSR count). The molecule has 0 aliphatic rings. The van der Waals surface area contributed by atoms with Crippen molar-refractivity contribution in [2.24, 2.45) is 5.16 Å². The highest BCUT2D eigenvalue weighted by Crippen LogP contribution is 1.98. The molecule has 0 unspecified atom stereocenters. The standard InChI is InChI=1S/C8H14N2O4/c11-7(6-10-14)9-5-3-1-2-4-8(12)13/h6,14H,1-5H2,(H,9,11)(H,12,13)/b10-6+. The molecule has 0 saturated heterocycles. The molecule has 0 fully saturated rings. The second kappa shape index (κ2) is 8.03. The van der Waals surface area contributed by atoms with Gasteiger partial charge in [-0.15, -0.1) is 0 Å². The summed E-state index contributed by atoms with van der Waals surface area (Å²) in [5.74, 6) is -1.26. The van der Waals surface area contributed by atoms with E-state index in [2.05, 4.69) is 10.5 Å². The Labute approximate surface area is 81.6 Å². The highest BCUT2D eigenvalue weighted by molar-refractivity contribution is 6.25. The van der Waals surface area contributed by atoms with Crippen LogP contribution in [-0.4, -0.2) is 34.9 Å². The van der Waals surface area contributed by atoms with Crippen molar-refractivity contribution >= 4 is 18.1 Å². The summed E-state index contributed by atoms with van der Waals surface area (Å²) in [6, 6.07) is 0. The van der Waals surface area contributed by atoms with Crippen molar-refractivity contribution in [3.05, 3.63) is 0 Å². The zero-order valence-electron chi connectivity index (χ0n) is 7.77. The van der Waals surface area contributed by atoms with Crippen LogP contribution in [0.5, 0.6) is 0 Å². The van der Waals surface area contributed by atoms with Gasteiger partial charge in [-0.1, -0.05) is 11.6 Å². The summed E-state index contributed by atoms with van der Waals surface area (Å²) in [7, 11) is 0. The van der Waals surface area contributed by atoms with Crippen molar-refractivity contribution in [3.63, 3.8) is 0 Å². The molecule has 0 aliphatic carbocycles. The lowest BCUT2D eigenvalue weighted by atomic mass is 10.2. The van der Waals surface area contributed by atoms with Crippen LogP contribution in [0.2, 0.25) is 0 Å². The molecule has 0 aromatic heterocycles. The van der Waals surface area contributed by atoms with E-state index in [0.29, 0.717) is 13.0 Å². The fraction of sp³-hybridized carbons (Fsp3) is 0.625. The molecule has 0 aromatic rings. The Morgan fingerprint density at radius 3 is 2.57 bits per heavy atom. The Balaban J connectivity index is 3.21. The summed E-state index contributed by atoms with van der Waals surface area (Å²) in [4.78, 5) is 20.8. The lowest BCUT2D eigenvalue weighted by molar-refractivity contribution is -0.137. The molecule has 0 heterocycles. The Hall–Kier alpha value is -1.59. The third-order valence-corrected chi connectivity index (χ3v) is 1.54. The quantitative estimate of drug-likeness (QED) is 0.238. The molecule has 0 aliphatic heterocycles. The van der Waals surface area contributed by atoms with Gasteiger partial charge in [-0.3, -0.25) is 9.59 Å². The first kappa shape index (κ1) is 12.4. The average Bonchev–Trinajstić information content (AvgIpc) is 2.11. The van der Waals surface area contributed by atoms with Crippen molar-refractivity contribution < 1.29 is 19.9 Å². The van der Waals surface area contributed by atoms with Crippen LogP contribution in [-0.2, 0) is 9.59 Å². The Morgan fingerprint density at radius 2 is 2.00 bits per heavy atom. The van der Waals surface area contributed by atoms with Crippen LogP contribution in [0.15, 0.2) is 5.16 Å². The van der Waals surface area contributed by atoms with Gasteiger partial charge in [0.1, 0.15) is 6.21 Å². The van der Waals surface area contributed by atoms with Gasteiger partial charge >= 0.3 is 5.97 Å². The van der Waals surface area contributed by atoms with E-state index in [-0.39, 0.29) is 6.42 Å². The predicted molar refractivity (Wildman–Crippen MR) is 49.4 cm³/mol. The number of rotatable bonds is 7. The van der Waals surface area contributed by atoms with Crippen molar-refractivity contribution in [3.8, 4) is 0 Å². The second-order valence-electron chi connectivity index (χ2n) is 2.74. The summed E-state index contributed by atoms with van der Waals surface area (Å²) < 4.78 is 0. The van der Waals surface area contributed by atoms with E-state index in [1.807, 2.05) is 0 Å². The van der Waals surface area contributed by atoms with Crippen molar-refractivity contribution in [1.82, 2.24) is 5.32 Å². The molecule has 0 atom stereocenters. The number of carboxylic acid groups (broad SMARTS) is 1. The zero-order valence-corrected chi connectivity index (χ0v) is 7.77. The number of unbranched alkanes of at least 4 members (excludes halogenated alkanes) is 2. The number of oxime groups is 1. The third-order valence-electron chi connectivity index (χ3n) is 1.54. The predicted octanol–water partition coefficient (Wildman–Crippen LogP) is 0.208. The van der Waals surface area contributed by atoms with E-state index >= 15 is 0 Å². The molecule has 0 spiro atoms. The van der Waals surface area contributed by atoms with E-state index in [1.54, 1.807) is 0 Å². The minimum atomic E-state index is -0.804. The highest BCUT2D eigenvalue weighted by atomic mass is 16.4. The maximum absolute atomic E-state index is 10.7. The first-order chi connectivity index (χ1) is 6.66. The lowest BCUT2D eigenvalue weighted by Crippen LogP contribution is -2.25. The number of nitrogens with one attached hydrogen (secondary N) is 1. The topological polar surface area (TPSA) is 99.0 Å². The lowest BCUT2D eigenvalue weighted by Gasteiger charge is -2.00. The molecule has 3 N–H and O–H groups in total. The van der Waals surface area contributed by atoms with E-state index < -0.39 is 11.9 Å². The Morgan fingerprint density at radius 1 is 1.29 bits per heavy atom. The molecule has 6 heteroatoms. The maximum Gasteiger partial charge on any atom is 0.303 e. The number of aliphatic carboxylic acids is 1. The van der Waals surface area contributed by atoms with Crippen molar-refractivity contribution in [1.29, 1.82) is 0 Å². The minimum absolute atomic E-state index is 0.159. The SMILES string of the molecule is O=C(O)CCCCCNC(=O)/C=N/O. The number of hydrogen-bond acceptors (Lipinski definition) is 4. The summed E-state index contributed by atoms with van der Waals surface area (Å²) >= 11 is 0. The van der Waals surface area contributed by atoms with Gasteiger partial charge in [0.15, 0.2) is 0 Å². The van der Waals surface area contributed by atoms with Crippen LogP contribution in [0.1, 0.15) is 25.7 Å².